The normalized spacial score (nSPS) is 15.8. The van der Waals surface area contributed by atoms with Gasteiger partial charge in [0.15, 0.2) is 11.6 Å². The molecule has 2 aromatic heterocycles. The monoisotopic (exact) mass is 389 g/mol. The van der Waals surface area contributed by atoms with Gasteiger partial charge in [0, 0.05) is 4.88 Å². The lowest BCUT2D eigenvalue weighted by Gasteiger charge is -2.29. The van der Waals surface area contributed by atoms with Crippen LogP contribution < -0.4 is 16.0 Å². The van der Waals surface area contributed by atoms with Crippen molar-refractivity contribution in [3.8, 4) is 0 Å². The predicted octanol–water partition coefficient (Wildman–Crippen LogP) is 3.33. The van der Waals surface area contributed by atoms with Crippen LogP contribution in [0.4, 0.5) is 22.3 Å². The van der Waals surface area contributed by atoms with E-state index in [0.29, 0.717) is 33.7 Å². The number of methoxy groups -OCH3 is 1. The molecule has 1 atom stereocenters. The molecule has 0 fully saturated rings. The molecule has 144 valence electrons. The molecule has 1 amide bonds. The van der Waals surface area contributed by atoms with Crippen molar-refractivity contribution < 1.29 is 14.3 Å². The van der Waals surface area contributed by atoms with Gasteiger partial charge in [-0.05, 0) is 25.3 Å². The van der Waals surface area contributed by atoms with Gasteiger partial charge in [-0.15, -0.1) is 11.3 Å². The Bertz CT molecular complexity index is 893. The minimum Gasteiger partial charge on any atom is -0.465 e. The number of aryl methyl sites for hydroxylation is 2. The van der Waals surface area contributed by atoms with Crippen molar-refractivity contribution in [1.82, 2.24) is 9.97 Å². The number of anilines is 4. The van der Waals surface area contributed by atoms with E-state index in [2.05, 4.69) is 25.9 Å². The Morgan fingerprint density at radius 2 is 2.15 bits per heavy atom. The number of fused-ring (bicyclic) bond motifs is 1. The molecule has 0 saturated heterocycles. The maximum atomic E-state index is 12.4. The average Bonchev–Trinajstić information content (AvgIpc) is 3.04. The molecule has 0 radical (unpaired) electrons. The zero-order valence-electron chi connectivity index (χ0n) is 16.0. The third kappa shape index (κ3) is 3.73. The van der Waals surface area contributed by atoms with Crippen molar-refractivity contribution in [3.05, 3.63) is 22.3 Å². The number of hydrogen-bond acceptors (Lipinski definition) is 8. The second kappa shape index (κ2) is 7.51. The number of ether oxygens (including phenoxy) is 1. The van der Waals surface area contributed by atoms with E-state index in [1.54, 1.807) is 6.92 Å². The molecule has 27 heavy (non-hydrogen) atoms. The summed E-state index contributed by atoms with van der Waals surface area (Å²) in [4.78, 5) is 34.4. The second-order valence-electron chi connectivity index (χ2n) is 6.62. The fraction of sp³-hybridized carbons (Fsp3) is 0.444. The first-order valence-electron chi connectivity index (χ1n) is 8.78. The van der Waals surface area contributed by atoms with Gasteiger partial charge in [0.2, 0.25) is 5.91 Å². The standard InChI is InChI=1S/C18H23N5O3S/c1-6-10-7-11(18(25)26-5)17(27-10)23-15-13-14(19-9(4)20-15)21-12(8(2)3)16(24)22-13/h7-8,12H,6H2,1-5H3,(H,22,24)(H2,19,20,21,23). The number of nitrogens with zero attached hydrogens (tertiary/aromatic N) is 2. The van der Waals surface area contributed by atoms with E-state index < -0.39 is 5.97 Å². The fourth-order valence-electron chi connectivity index (χ4n) is 2.85. The maximum absolute atomic E-state index is 12.4. The lowest BCUT2D eigenvalue weighted by molar-refractivity contribution is -0.117. The highest BCUT2D eigenvalue weighted by atomic mass is 32.1. The van der Waals surface area contributed by atoms with Crippen LogP contribution in [0.1, 0.15) is 41.8 Å². The van der Waals surface area contributed by atoms with Crippen LogP contribution in [-0.4, -0.2) is 35.0 Å². The molecule has 9 heteroatoms. The van der Waals surface area contributed by atoms with Gasteiger partial charge in [0.1, 0.15) is 22.6 Å². The smallest absolute Gasteiger partial charge is 0.340 e. The van der Waals surface area contributed by atoms with Crippen LogP contribution in [0.5, 0.6) is 0 Å². The molecule has 2 aromatic rings. The summed E-state index contributed by atoms with van der Waals surface area (Å²) in [5, 5.41) is 9.89. The van der Waals surface area contributed by atoms with Crippen LogP contribution in [-0.2, 0) is 16.0 Å². The number of carbonyl (C=O) groups is 2. The maximum Gasteiger partial charge on any atom is 0.340 e. The first-order valence-corrected chi connectivity index (χ1v) is 9.59. The molecule has 0 saturated carbocycles. The van der Waals surface area contributed by atoms with E-state index in [1.165, 1.54) is 18.4 Å². The first kappa shape index (κ1) is 19.1. The number of amides is 1. The summed E-state index contributed by atoms with van der Waals surface area (Å²) in [7, 11) is 1.35. The van der Waals surface area contributed by atoms with Crippen LogP contribution in [0.15, 0.2) is 6.07 Å². The molecule has 0 aliphatic carbocycles. The fourth-order valence-corrected chi connectivity index (χ4v) is 3.83. The largest absolute Gasteiger partial charge is 0.465 e. The van der Waals surface area contributed by atoms with E-state index in [0.717, 1.165) is 11.3 Å². The number of esters is 1. The predicted molar refractivity (Wildman–Crippen MR) is 106 cm³/mol. The lowest BCUT2D eigenvalue weighted by Crippen LogP contribution is -2.43. The van der Waals surface area contributed by atoms with Crippen LogP contribution in [0.3, 0.4) is 0 Å². The molecule has 1 unspecified atom stereocenters. The zero-order valence-corrected chi connectivity index (χ0v) is 16.8. The van der Waals surface area contributed by atoms with Gasteiger partial charge in [-0.1, -0.05) is 20.8 Å². The van der Waals surface area contributed by atoms with Gasteiger partial charge in [0.05, 0.1) is 12.7 Å². The van der Waals surface area contributed by atoms with E-state index in [4.69, 9.17) is 4.74 Å². The van der Waals surface area contributed by atoms with Gasteiger partial charge >= 0.3 is 5.97 Å². The second-order valence-corrected chi connectivity index (χ2v) is 7.76. The van der Waals surface area contributed by atoms with Gasteiger partial charge in [-0.2, -0.15) is 0 Å². The topological polar surface area (TPSA) is 105 Å². The molecule has 8 nitrogen and oxygen atoms in total. The zero-order chi connectivity index (χ0) is 19.7. The highest BCUT2D eigenvalue weighted by Gasteiger charge is 2.31. The van der Waals surface area contributed by atoms with Gasteiger partial charge in [-0.25, -0.2) is 14.8 Å². The van der Waals surface area contributed by atoms with Gasteiger partial charge in [0.25, 0.3) is 0 Å². The Labute approximate surface area is 161 Å². The summed E-state index contributed by atoms with van der Waals surface area (Å²) in [6.45, 7) is 7.73. The summed E-state index contributed by atoms with van der Waals surface area (Å²) < 4.78 is 4.88. The number of hydrogen-bond donors (Lipinski definition) is 3. The van der Waals surface area contributed by atoms with Crippen LogP contribution >= 0.6 is 11.3 Å². The lowest BCUT2D eigenvalue weighted by atomic mass is 10.0. The molecular formula is C18H23N5O3S. The molecule has 1 aliphatic heterocycles. The van der Waals surface area contributed by atoms with E-state index in [1.807, 2.05) is 26.8 Å². The van der Waals surface area contributed by atoms with Crippen LogP contribution in [0, 0.1) is 12.8 Å². The summed E-state index contributed by atoms with van der Waals surface area (Å²) in [5.41, 5.74) is 0.921. The molecule has 1 aliphatic rings. The number of carbonyl (C=O) groups excluding carboxylic acids is 2. The molecule has 0 aromatic carbocycles. The molecule has 3 rings (SSSR count). The van der Waals surface area contributed by atoms with Crippen molar-refractivity contribution in [2.75, 3.05) is 23.1 Å². The minimum absolute atomic E-state index is 0.111. The Morgan fingerprint density at radius 1 is 1.41 bits per heavy atom. The van der Waals surface area contributed by atoms with E-state index in [-0.39, 0.29) is 17.9 Å². The SMILES string of the molecule is CCc1cc(C(=O)OC)c(Nc2nc(C)nc3c2NC(=O)C(C(C)C)N3)s1. The Morgan fingerprint density at radius 3 is 2.78 bits per heavy atom. The van der Waals surface area contributed by atoms with Gasteiger partial charge < -0.3 is 20.7 Å². The van der Waals surface area contributed by atoms with Crippen molar-refractivity contribution in [2.24, 2.45) is 5.92 Å². The first-order chi connectivity index (χ1) is 12.8. The van der Waals surface area contributed by atoms with E-state index in [9.17, 15) is 9.59 Å². The highest BCUT2D eigenvalue weighted by Crippen LogP contribution is 2.37. The van der Waals surface area contributed by atoms with Crippen LogP contribution in [0.25, 0.3) is 0 Å². The molecule has 3 heterocycles. The average molecular weight is 389 g/mol. The third-order valence-corrected chi connectivity index (χ3v) is 5.47. The van der Waals surface area contributed by atoms with Crippen molar-refractivity contribution in [3.63, 3.8) is 0 Å². The number of nitrogens with one attached hydrogen (secondary N) is 3. The van der Waals surface area contributed by atoms with Crippen LogP contribution in [0.2, 0.25) is 0 Å². The van der Waals surface area contributed by atoms with Crippen molar-refractivity contribution in [1.29, 1.82) is 0 Å². The number of aromatic nitrogens is 2. The summed E-state index contributed by atoms with van der Waals surface area (Å²) in [6, 6.07) is 1.45. The quantitative estimate of drug-likeness (QED) is 0.674. The van der Waals surface area contributed by atoms with E-state index >= 15 is 0 Å². The Hall–Kier alpha value is -2.68. The summed E-state index contributed by atoms with van der Waals surface area (Å²) in [5.74, 6) is 1.11. The summed E-state index contributed by atoms with van der Waals surface area (Å²) in [6.07, 6.45) is 0.797. The summed E-state index contributed by atoms with van der Waals surface area (Å²) >= 11 is 1.46. The van der Waals surface area contributed by atoms with Crippen molar-refractivity contribution in [2.45, 2.75) is 40.2 Å². The Kier molecular flexibility index (Phi) is 5.31. The highest BCUT2D eigenvalue weighted by molar-refractivity contribution is 7.16. The molecular weight excluding hydrogens is 366 g/mol. The molecule has 0 spiro atoms. The Balaban J connectivity index is 2.01. The number of rotatable bonds is 5. The number of thiophene rings is 1. The molecule has 3 N–H and O–H groups in total. The minimum atomic E-state index is -0.421. The van der Waals surface area contributed by atoms with Crippen molar-refractivity contribution >= 4 is 45.5 Å². The molecule has 0 bridgehead atoms. The third-order valence-electron chi connectivity index (χ3n) is 4.28. The van der Waals surface area contributed by atoms with Gasteiger partial charge in [-0.3, -0.25) is 4.79 Å².